The third-order valence-electron chi connectivity index (χ3n) is 2.67. The molecule has 0 fully saturated rings. The number of nitrogens with zero attached hydrogens (tertiary/aromatic N) is 2. The zero-order chi connectivity index (χ0) is 9.42. The van der Waals surface area contributed by atoms with Crippen LogP contribution in [0.1, 0.15) is 23.9 Å². The zero-order valence-electron chi connectivity index (χ0n) is 8.22. The van der Waals surface area contributed by atoms with E-state index in [4.69, 9.17) is 0 Å². The van der Waals surface area contributed by atoms with Crippen LogP contribution >= 0.6 is 0 Å². The first kappa shape index (κ1) is 8.35. The third-order valence-corrected chi connectivity index (χ3v) is 2.67. The average molecular weight is 177 g/mol. The number of nitrogens with one attached hydrogen (secondary N) is 1. The summed E-state index contributed by atoms with van der Waals surface area (Å²) in [4.78, 5) is 2.30. The maximum atomic E-state index is 4.27. The molecule has 0 bridgehead atoms. The molecule has 0 amide bonds. The van der Waals surface area contributed by atoms with E-state index in [0.29, 0.717) is 0 Å². The Morgan fingerprint density at radius 3 is 3.08 bits per heavy atom. The van der Waals surface area contributed by atoms with Crippen molar-refractivity contribution in [3.05, 3.63) is 29.2 Å². The molecule has 0 aromatic carbocycles. The molecule has 70 valence electrons. The maximum Gasteiger partial charge on any atom is 0.0692 e. The lowest BCUT2D eigenvalue weighted by atomic mass is 10.1. The summed E-state index contributed by atoms with van der Waals surface area (Å²) in [7, 11) is 0. The van der Waals surface area contributed by atoms with Gasteiger partial charge in [0.05, 0.1) is 5.69 Å². The molecule has 1 aromatic rings. The average Bonchev–Trinajstić information content (AvgIpc) is 2.47. The molecule has 0 saturated carbocycles. The Morgan fingerprint density at radius 1 is 1.62 bits per heavy atom. The van der Waals surface area contributed by atoms with Gasteiger partial charge in [-0.2, -0.15) is 5.10 Å². The van der Waals surface area contributed by atoms with Crippen molar-refractivity contribution >= 4 is 0 Å². The van der Waals surface area contributed by atoms with Gasteiger partial charge in [0.2, 0.25) is 0 Å². The van der Waals surface area contributed by atoms with Crippen molar-refractivity contribution in [2.24, 2.45) is 0 Å². The summed E-state index contributed by atoms with van der Waals surface area (Å²) in [5, 5.41) is 7.30. The molecule has 3 heteroatoms. The number of aromatic amines is 1. The fourth-order valence-corrected chi connectivity index (χ4v) is 1.76. The summed E-state index contributed by atoms with van der Waals surface area (Å²) in [6.45, 7) is 10.1. The molecule has 0 spiro atoms. The molecule has 1 aliphatic rings. The summed E-state index contributed by atoms with van der Waals surface area (Å²) in [5.41, 5.74) is 4.93. The Bertz CT molecular complexity index is 338. The first-order valence-electron chi connectivity index (χ1n) is 4.61. The highest BCUT2D eigenvalue weighted by Crippen LogP contribution is 2.21. The highest BCUT2D eigenvalue weighted by Gasteiger charge is 2.19. The second-order valence-electron chi connectivity index (χ2n) is 3.68. The van der Waals surface area contributed by atoms with Crippen molar-refractivity contribution < 1.29 is 0 Å². The van der Waals surface area contributed by atoms with Crippen LogP contribution in [0.15, 0.2) is 12.3 Å². The zero-order valence-corrected chi connectivity index (χ0v) is 8.22. The molecule has 0 saturated heterocycles. The predicted octanol–water partition coefficient (Wildman–Crippen LogP) is 1.61. The van der Waals surface area contributed by atoms with E-state index in [2.05, 4.69) is 35.5 Å². The minimum Gasteiger partial charge on any atom is -0.371 e. The van der Waals surface area contributed by atoms with Crippen LogP contribution in [-0.4, -0.2) is 21.6 Å². The number of H-pyrrole nitrogens is 1. The standard InChI is InChI=1S/C10H15N3/c1-7(2)13-5-4-10-9(6-13)8(3)11-12-10/h1,4-6H2,2-3H3,(H,11,12). The molecule has 0 atom stereocenters. The fourth-order valence-electron chi connectivity index (χ4n) is 1.76. The van der Waals surface area contributed by atoms with Crippen LogP contribution in [0.5, 0.6) is 0 Å². The van der Waals surface area contributed by atoms with Crippen molar-refractivity contribution in [1.29, 1.82) is 0 Å². The van der Waals surface area contributed by atoms with Crippen LogP contribution in [0.2, 0.25) is 0 Å². The van der Waals surface area contributed by atoms with Crippen molar-refractivity contribution in [1.82, 2.24) is 15.1 Å². The molecule has 1 N–H and O–H groups in total. The lowest BCUT2D eigenvalue weighted by molar-refractivity contribution is 0.322. The minimum atomic E-state index is 0.965. The molecule has 1 aliphatic heterocycles. The Morgan fingerprint density at radius 2 is 2.38 bits per heavy atom. The van der Waals surface area contributed by atoms with E-state index in [9.17, 15) is 0 Å². The van der Waals surface area contributed by atoms with Crippen LogP contribution in [0.4, 0.5) is 0 Å². The maximum absolute atomic E-state index is 4.27. The molecule has 2 heterocycles. The highest BCUT2D eigenvalue weighted by atomic mass is 15.2. The molecule has 1 aromatic heterocycles. The molecule has 3 nitrogen and oxygen atoms in total. The molecular weight excluding hydrogens is 162 g/mol. The van der Waals surface area contributed by atoms with Gasteiger partial charge in [0, 0.05) is 36.5 Å². The summed E-state index contributed by atoms with van der Waals surface area (Å²) in [6, 6.07) is 0. The minimum absolute atomic E-state index is 0.965. The summed E-state index contributed by atoms with van der Waals surface area (Å²) in [6.07, 6.45) is 1.03. The first-order chi connectivity index (χ1) is 6.18. The number of rotatable bonds is 1. The molecule has 2 rings (SSSR count). The Labute approximate surface area is 78.4 Å². The van der Waals surface area contributed by atoms with Gasteiger partial charge in [-0.3, -0.25) is 5.10 Å². The van der Waals surface area contributed by atoms with Crippen LogP contribution in [0.25, 0.3) is 0 Å². The smallest absolute Gasteiger partial charge is 0.0692 e. The normalized spacial score (nSPS) is 15.7. The summed E-state index contributed by atoms with van der Waals surface area (Å²) >= 11 is 0. The highest BCUT2D eigenvalue weighted by molar-refractivity contribution is 5.27. The van der Waals surface area contributed by atoms with Gasteiger partial charge in [-0.25, -0.2) is 0 Å². The number of fused-ring (bicyclic) bond motifs is 1. The number of hydrogen-bond donors (Lipinski definition) is 1. The van der Waals surface area contributed by atoms with Crippen LogP contribution in [-0.2, 0) is 13.0 Å². The first-order valence-corrected chi connectivity index (χ1v) is 4.61. The number of aromatic nitrogens is 2. The van der Waals surface area contributed by atoms with Gasteiger partial charge in [0.1, 0.15) is 0 Å². The van der Waals surface area contributed by atoms with Gasteiger partial charge in [-0.05, 0) is 13.8 Å². The third kappa shape index (κ3) is 1.34. The molecule has 13 heavy (non-hydrogen) atoms. The Balaban J connectivity index is 2.27. The number of allylic oxidation sites excluding steroid dienone is 1. The van der Waals surface area contributed by atoms with Gasteiger partial charge >= 0.3 is 0 Å². The molecule has 0 unspecified atom stereocenters. The lowest BCUT2D eigenvalue weighted by Crippen LogP contribution is -2.28. The van der Waals surface area contributed by atoms with E-state index < -0.39 is 0 Å². The van der Waals surface area contributed by atoms with Gasteiger partial charge in [-0.15, -0.1) is 0 Å². The van der Waals surface area contributed by atoms with E-state index in [1.807, 2.05) is 0 Å². The Kier molecular flexibility index (Phi) is 1.87. The second-order valence-corrected chi connectivity index (χ2v) is 3.68. The fraction of sp³-hybridized carbons (Fsp3) is 0.500. The second kappa shape index (κ2) is 2.91. The SMILES string of the molecule is C=C(C)N1CCc2n[nH]c(C)c2C1. The van der Waals surface area contributed by atoms with Crippen molar-refractivity contribution in [3.8, 4) is 0 Å². The van der Waals surface area contributed by atoms with Crippen molar-refractivity contribution in [2.45, 2.75) is 26.8 Å². The quantitative estimate of drug-likeness (QED) is 0.706. The summed E-state index contributed by atoms with van der Waals surface area (Å²) < 4.78 is 0. The topological polar surface area (TPSA) is 31.9 Å². The largest absolute Gasteiger partial charge is 0.371 e. The predicted molar refractivity (Wildman–Crippen MR) is 52.3 cm³/mol. The van der Waals surface area contributed by atoms with E-state index in [1.54, 1.807) is 0 Å². The Hall–Kier alpha value is -1.25. The summed E-state index contributed by atoms with van der Waals surface area (Å²) in [5.74, 6) is 0. The molecular formula is C10H15N3. The number of hydrogen-bond acceptors (Lipinski definition) is 2. The van der Waals surface area contributed by atoms with Gasteiger partial charge in [0.25, 0.3) is 0 Å². The van der Waals surface area contributed by atoms with Crippen molar-refractivity contribution in [3.63, 3.8) is 0 Å². The van der Waals surface area contributed by atoms with Gasteiger partial charge < -0.3 is 4.90 Å². The monoisotopic (exact) mass is 177 g/mol. The van der Waals surface area contributed by atoms with Crippen LogP contribution < -0.4 is 0 Å². The van der Waals surface area contributed by atoms with Gasteiger partial charge in [0.15, 0.2) is 0 Å². The van der Waals surface area contributed by atoms with Gasteiger partial charge in [-0.1, -0.05) is 6.58 Å². The lowest BCUT2D eigenvalue weighted by Gasteiger charge is -2.28. The molecule has 0 aliphatic carbocycles. The van der Waals surface area contributed by atoms with E-state index in [0.717, 1.165) is 25.2 Å². The van der Waals surface area contributed by atoms with E-state index in [1.165, 1.54) is 17.0 Å². The number of aryl methyl sites for hydroxylation is 1. The van der Waals surface area contributed by atoms with Crippen LogP contribution in [0, 0.1) is 6.92 Å². The molecule has 0 radical (unpaired) electrons. The van der Waals surface area contributed by atoms with Crippen LogP contribution in [0.3, 0.4) is 0 Å². The van der Waals surface area contributed by atoms with E-state index in [-0.39, 0.29) is 0 Å². The van der Waals surface area contributed by atoms with E-state index >= 15 is 0 Å². The van der Waals surface area contributed by atoms with Crippen molar-refractivity contribution in [2.75, 3.05) is 6.54 Å².